The van der Waals surface area contributed by atoms with Crippen LogP contribution in [0.3, 0.4) is 0 Å². The molecule has 142 valence electrons. The van der Waals surface area contributed by atoms with E-state index in [1.54, 1.807) is 7.11 Å². The zero-order valence-electron chi connectivity index (χ0n) is 15.8. The van der Waals surface area contributed by atoms with Crippen molar-refractivity contribution in [2.24, 2.45) is 0 Å². The summed E-state index contributed by atoms with van der Waals surface area (Å²) < 4.78 is 17.5. The number of rotatable bonds is 6. The second kappa shape index (κ2) is 8.55. The first-order chi connectivity index (χ1) is 13.3. The smallest absolute Gasteiger partial charge is 0.168 e. The van der Waals surface area contributed by atoms with Crippen LogP contribution in [0.5, 0.6) is 11.5 Å². The Balaban J connectivity index is 1.34. The maximum absolute atomic E-state index is 6.10. The van der Waals surface area contributed by atoms with Gasteiger partial charge in [-0.1, -0.05) is 18.2 Å². The molecule has 3 heterocycles. The van der Waals surface area contributed by atoms with Crippen LogP contribution < -0.4 is 9.47 Å². The van der Waals surface area contributed by atoms with Crippen molar-refractivity contribution >= 4 is 6.08 Å². The highest BCUT2D eigenvalue weighted by Crippen LogP contribution is 2.35. The average molecular weight is 366 g/mol. The predicted octanol–water partition coefficient (Wildman–Crippen LogP) is 3.55. The molecule has 1 aromatic heterocycles. The van der Waals surface area contributed by atoms with Crippen LogP contribution >= 0.6 is 0 Å². The number of piperidine rings is 1. The Bertz CT molecular complexity index is 791. The second-order valence-electron chi connectivity index (χ2n) is 7.10. The summed E-state index contributed by atoms with van der Waals surface area (Å²) in [6, 6.07) is 12.0. The van der Waals surface area contributed by atoms with Gasteiger partial charge in [0.05, 0.1) is 25.5 Å². The van der Waals surface area contributed by atoms with Crippen LogP contribution in [0.25, 0.3) is 6.08 Å². The van der Waals surface area contributed by atoms with Gasteiger partial charge in [-0.2, -0.15) is 0 Å². The van der Waals surface area contributed by atoms with Gasteiger partial charge < -0.3 is 14.2 Å². The number of methoxy groups -OCH3 is 1. The van der Waals surface area contributed by atoms with Crippen LogP contribution in [0.1, 0.15) is 24.1 Å². The molecule has 27 heavy (non-hydrogen) atoms. The molecular formula is C22H26N2O3. The lowest BCUT2D eigenvalue weighted by Gasteiger charge is -2.33. The highest BCUT2D eigenvalue weighted by atomic mass is 16.5. The van der Waals surface area contributed by atoms with Crippen molar-refractivity contribution in [3.63, 3.8) is 0 Å². The molecule has 1 aromatic carbocycles. The van der Waals surface area contributed by atoms with Crippen molar-refractivity contribution in [2.45, 2.75) is 25.6 Å². The summed E-state index contributed by atoms with van der Waals surface area (Å²) in [5.41, 5.74) is 3.38. The lowest BCUT2D eigenvalue weighted by atomic mass is 10.0. The molecule has 0 unspecified atom stereocenters. The molecule has 0 radical (unpaired) electrons. The number of fused-ring (bicyclic) bond motifs is 1. The van der Waals surface area contributed by atoms with E-state index in [0.717, 1.165) is 55.2 Å². The standard InChI is InChI=1S/C22H26N2O3/c1-25-21-9-4-6-18-12-17(15-27-22(18)21)13-24-11-5-8-20(14-24)26-16-19-7-2-3-10-23-19/h2-4,6-7,9-10,12,20H,5,8,11,13-16H2,1H3/t20-/m1/s1. The van der Waals surface area contributed by atoms with Gasteiger partial charge in [-0.25, -0.2) is 0 Å². The minimum Gasteiger partial charge on any atom is -0.493 e. The molecule has 2 aliphatic rings. The van der Waals surface area contributed by atoms with Crippen molar-refractivity contribution in [3.05, 3.63) is 59.4 Å². The molecular weight excluding hydrogens is 340 g/mol. The molecule has 5 heteroatoms. The van der Waals surface area contributed by atoms with Crippen molar-refractivity contribution in [3.8, 4) is 11.5 Å². The van der Waals surface area contributed by atoms with Gasteiger partial charge in [-0.05, 0) is 49.2 Å². The van der Waals surface area contributed by atoms with Gasteiger partial charge in [-0.15, -0.1) is 0 Å². The van der Waals surface area contributed by atoms with Gasteiger partial charge in [0.2, 0.25) is 0 Å². The third-order valence-corrected chi connectivity index (χ3v) is 5.07. The number of aromatic nitrogens is 1. The molecule has 1 atom stereocenters. The van der Waals surface area contributed by atoms with E-state index >= 15 is 0 Å². The number of nitrogens with zero attached hydrogens (tertiary/aromatic N) is 2. The predicted molar refractivity (Wildman–Crippen MR) is 105 cm³/mol. The van der Waals surface area contributed by atoms with Crippen molar-refractivity contribution in [1.29, 1.82) is 0 Å². The fourth-order valence-electron chi connectivity index (χ4n) is 3.75. The Morgan fingerprint density at radius 2 is 2.19 bits per heavy atom. The number of hydrogen-bond acceptors (Lipinski definition) is 5. The Labute approximate surface area is 160 Å². The SMILES string of the molecule is COc1cccc2c1OCC(CN1CCC[C@@H](OCc3ccccn3)C1)=C2. The summed E-state index contributed by atoms with van der Waals surface area (Å²) in [6.45, 7) is 4.17. The Kier molecular flexibility index (Phi) is 5.70. The van der Waals surface area contributed by atoms with E-state index in [4.69, 9.17) is 14.2 Å². The van der Waals surface area contributed by atoms with Gasteiger partial charge in [-0.3, -0.25) is 9.88 Å². The van der Waals surface area contributed by atoms with E-state index in [1.165, 1.54) is 5.57 Å². The van der Waals surface area contributed by atoms with Crippen LogP contribution in [-0.2, 0) is 11.3 Å². The van der Waals surface area contributed by atoms with Gasteiger partial charge in [0.1, 0.15) is 6.61 Å². The Morgan fingerprint density at radius 1 is 1.22 bits per heavy atom. The zero-order chi connectivity index (χ0) is 18.5. The summed E-state index contributed by atoms with van der Waals surface area (Å²) in [7, 11) is 1.68. The van der Waals surface area contributed by atoms with Crippen LogP contribution in [-0.4, -0.2) is 49.3 Å². The van der Waals surface area contributed by atoms with Gasteiger partial charge >= 0.3 is 0 Å². The zero-order valence-corrected chi connectivity index (χ0v) is 15.8. The number of hydrogen-bond donors (Lipinski definition) is 0. The summed E-state index contributed by atoms with van der Waals surface area (Å²) in [5.74, 6) is 1.64. The third-order valence-electron chi connectivity index (χ3n) is 5.07. The summed E-state index contributed by atoms with van der Waals surface area (Å²) in [4.78, 5) is 6.80. The molecule has 0 aliphatic carbocycles. The number of benzene rings is 1. The Hall–Kier alpha value is -2.37. The van der Waals surface area contributed by atoms with E-state index in [1.807, 2.05) is 36.5 Å². The molecule has 4 rings (SSSR count). The molecule has 1 saturated heterocycles. The van der Waals surface area contributed by atoms with Crippen molar-refractivity contribution in [2.75, 3.05) is 33.4 Å². The fraction of sp³-hybridized carbons (Fsp3) is 0.409. The molecule has 0 saturated carbocycles. The number of likely N-dealkylation sites (tertiary alicyclic amines) is 1. The molecule has 5 nitrogen and oxygen atoms in total. The van der Waals surface area contributed by atoms with Gasteiger partial charge in [0.25, 0.3) is 0 Å². The first kappa shape index (κ1) is 18.0. The van der Waals surface area contributed by atoms with Gasteiger partial charge in [0, 0.05) is 24.8 Å². The minimum atomic E-state index is 0.262. The second-order valence-corrected chi connectivity index (χ2v) is 7.10. The third kappa shape index (κ3) is 4.49. The number of ether oxygens (including phenoxy) is 3. The molecule has 0 bridgehead atoms. The molecule has 2 aromatic rings. The number of para-hydroxylation sites is 1. The van der Waals surface area contributed by atoms with E-state index in [-0.39, 0.29) is 6.10 Å². The van der Waals surface area contributed by atoms with Crippen LogP contribution in [0, 0.1) is 0 Å². The summed E-state index contributed by atoms with van der Waals surface area (Å²) in [6.07, 6.45) is 6.58. The van der Waals surface area contributed by atoms with E-state index in [9.17, 15) is 0 Å². The molecule has 0 N–H and O–H groups in total. The molecule has 0 amide bonds. The summed E-state index contributed by atoms with van der Waals surface area (Å²) in [5, 5.41) is 0. The first-order valence-corrected chi connectivity index (χ1v) is 9.55. The van der Waals surface area contributed by atoms with E-state index < -0.39 is 0 Å². The van der Waals surface area contributed by atoms with Crippen LogP contribution in [0.4, 0.5) is 0 Å². The van der Waals surface area contributed by atoms with Crippen LogP contribution in [0.2, 0.25) is 0 Å². The molecule has 0 spiro atoms. The van der Waals surface area contributed by atoms with Crippen molar-refractivity contribution < 1.29 is 14.2 Å². The largest absolute Gasteiger partial charge is 0.493 e. The number of pyridine rings is 1. The van der Waals surface area contributed by atoms with E-state index in [0.29, 0.717) is 13.2 Å². The highest BCUT2D eigenvalue weighted by molar-refractivity contribution is 5.66. The lowest BCUT2D eigenvalue weighted by Crippen LogP contribution is -2.41. The highest BCUT2D eigenvalue weighted by Gasteiger charge is 2.23. The Morgan fingerprint density at radius 3 is 3.04 bits per heavy atom. The minimum absolute atomic E-state index is 0.262. The van der Waals surface area contributed by atoms with E-state index in [2.05, 4.69) is 22.0 Å². The fourth-order valence-corrected chi connectivity index (χ4v) is 3.75. The molecule has 1 fully saturated rings. The normalized spacial score (nSPS) is 19.7. The summed E-state index contributed by atoms with van der Waals surface area (Å²) >= 11 is 0. The monoisotopic (exact) mass is 366 g/mol. The van der Waals surface area contributed by atoms with Crippen molar-refractivity contribution in [1.82, 2.24) is 9.88 Å². The maximum Gasteiger partial charge on any atom is 0.168 e. The lowest BCUT2D eigenvalue weighted by molar-refractivity contribution is -0.00929. The van der Waals surface area contributed by atoms with Gasteiger partial charge in [0.15, 0.2) is 11.5 Å². The quantitative estimate of drug-likeness (QED) is 0.782. The maximum atomic E-state index is 6.10. The molecule has 2 aliphatic heterocycles. The average Bonchev–Trinajstić information content (AvgIpc) is 2.72. The van der Waals surface area contributed by atoms with Crippen LogP contribution in [0.15, 0.2) is 48.2 Å². The topological polar surface area (TPSA) is 43.8 Å². The first-order valence-electron chi connectivity index (χ1n) is 9.55.